The standard InChI is InChI=1S/C16H14N2O2/c1-11-2-3-15(12-4-5-18-13(7-12)8-17)16(6-11)20-10-14-9-19-14/h2-7,14H,9-10H2,1H3/t14-/m0/s1. The Hall–Kier alpha value is -2.38. The Kier molecular flexibility index (Phi) is 3.36. The summed E-state index contributed by atoms with van der Waals surface area (Å²) in [5, 5.41) is 8.95. The van der Waals surface area contributed by atoms with Crippen LogP contribution in [0.5, 0.6) is 5.75 Å². The van der Waals surface area contributed by atoms with Gasteiger partial charge in [0.2, 0.25) is 0 Å². The molecule has 1 aliphatic rings. The van der Waals surface area contributed by atoms with Crippen LogP contribution < -0.4 is 4.74 Å². The molecule has 0 N–H and O–H groups in total. The molecule has 4 nitrogen and oxygen atoms in total. The van der Waals surface area contributed by atoms with Gasteiger partial charge in [-0.3, -0.25) is 0 Å². The van der Waals surface area contributed by atoms with Gasteiger partial charge in [-0.1, -0.05) is 12.1 Å². The number of aryl methyl sites for hydroxylation is 1. The first-order valence-electron chi connectivity index (χ1n) is 6.48. The van der Waals surface area contributed by atoms with Crippen LogP contribution in [-0.2, 0) is 4.74 Å². The molecule has 0 aliphatic carbocycles. The molecule has 2 heterocycles. The number of nitriles is 1. The van der Waals surface area contributed by atoms with Crippen LogP contribution in [0.2, 0.25) is 0 Å². The van der Waals surface area contributed by atoms with Gasteiger partial charge < -0.3 is 9.47 Å². The maximum absolute atomic E-state index is 8.95. The second-order valence-electron chi connectivity index (χ2n) is 4.81. The minimum atomic E-state index is 0.218. The second kappa shape index (κ2) is 5.32. The minimum Gasteiger partial charge on any atom is -0.490 e. The molecular weight excluding hydrogens is 252 g/mol. The number of rotatable bonds is 4. The van der Waals surface area contributed by atoms with Crippen LogP contribution in [0.3, 0.4) is 0 Å². The summed E-state index contributed by atoms with van der Waals surface area (Å²) in [6, 6.07) is 11.7. The zero-order valence-electron chi connectivity index (χ0n) is 11.2. The Morgan fingerprint density at radius 1 is 1.40 bits per heavy atom. The number of ether oxygens (including phenoxy) is 2. The number of hydrogen-bond donors (Lipinski definition) is 0. The minimum absolute atomic E-state index is 0.218. The zero-order valence-corrected chi connectivity index (χ0v) is 11.2. The van der Waals surface area contributed by atoms with E-state index in [1.807, 2.05) is 31.2 Å². The fraction of sp³-hybridized carbons (Fsp3) is 0.250. The fourth-order valence-corrected chi connectivity index (χ4v) is 1.99. The Labute approximate surface area is 117 Å². The SMILES string of the molecule is Cc1ccc(-c2ccnc(C#N)c2)c(OC[C@@H]2CO2)c1. The van der Waals surface area contributed by atoms with Crippen molar-refractivity contribution in [3.05, 3.63) is 47.8 Å². The van der Waals surface area contributed by atoms with Crippen molar-refractivity contribution in [3.63, 3.8) is 0 Å². The van der Waals surface area contributed by atoms with Crippen LogP contribution in [0.1, 0.15) is 11.3 Å². The van der Waals surface area contributed by atoms with Crippen molar-refractivity contribution in [1.82, 2.24) is 4.98 Å². The summed E-state index contributed by atoms with van der Waals surface area (Å²) < 4.78 is 11.0. The van der Waals surface area contributed by atoms with Crippen LogP contribution in [0, 0.1) is 18.3 Å². The van der Waals surface area contributed by atoms with Crippen molar-refractivity contribution in [2.45, 2.75) is 13.0 Å². The molecule has 1 aliphatic heterocycles. The summed E-state index contributed by atoms with van der Waals surface area (Å²) in [6.07, 6.45) is 1.86. The number of nitrogens with zero attached hydrogens (tertiary/aromatic N) is 2. The summed E-state index contributed by atoms with van der Waals surface area (Å²) >= 11 is 0. The Bertz CT molecular complexity index is 672. The highest BCUT2D eigenvalue weighted by Gasteiger charge is 2.23. The maximum Gasteiger partial charge on any atom is 0.141 e. The molecule has 1 saturated heterocycles. The molecule has 0 amide bonds. The molecule has 1 aromatic heterocycles. The number of epoxide rings is 1. The third-order valence-electron chi connectivity index (χ3n) is 3.15. The summed E-state index contributed by atoms with van der Waals surface area (Å²) in [5.41, 5.74) is 3.44. The Balaban J connectivity index is 1.95. The maximum atomic E-state index is 8.95. The molecular formula is C16H14N2O2. The van der Waals surface area contributed by atoms with Gasteiger partial charge in [0.05, 0.1) is 6.61 Å². The highest BCUT2D eigenvalue weighted by Crippen LogP contribution is 2.31. The molecule has 0 spiro atoms. The van der Waals surface area contributed by atoms with E-state index >= 15 is 0 Å². The van der Waals surface area contributed by atoms with E-state index in [0.29, 0.717) is 12.3 Å². The zero-order chi connectivity index (χ0) is 13.9. The van der Waals surface area contributed by atoms with Gasteiger partial charge in [-0.2, -0.15) is 5.26 Å². The largest absolute Gasteiger partial charge is 0.490 e. The Morgan fingerprint density at radius 2 is 2.25 bits per heavy atom. The average Bonchev–Trinajstić information content (AvgIpc) is 3.29. The first-order valence-corrected chi connectivity index (χ1v) is 6.48. The van der Waals surface area contributed by atoms with Gasteiger partial charge in [0, 0.05) is 11.8 Å². The lowest BCUT2D eigenvalue weighted by Gasteiger charge is -2.12. The van der Waals surface area contributed by atoms with E-state index in [-0.39, 0.29) is 6.10 Å². The van der Waals surface area contributed by atoms with Crippen molar-refractivity contribution in [3.8, 4) is 22.9 Å². The van der Waals surface area contributed by atoms with Crippen molar-refractivity contribution < 1.29 is 9.47 Å². The second-order valence-corrected chi connectivity index (χ2v) is 4.81. The lowest BCUT2D eigenvalue weighted by molar-refractivity contribution is 0.264. The lowest BCUT2D eigenvalue weighted by atomic mass is 10.0. The van der Waals surface area contributed by atoms with Crippen molar-refractivity contribution in [1.29, 1.82) is 5.26 Å². The van der Waals surface area contributed by atoms with Crippen molar-refractivity contribution in [2.24, 2.45) is 0 Å². The quantitative estimate of drug-likeness (QED) is 0.798. The number of pyridine rings is 1. The molecule has 0 saturated carbocycles. The van der Waals surface area contributed by atoms with Gasteiger partial charge in [0.25, 0.3) is 0 Å². The molecule has 0 bridgehead atoms. The molecule has 1 atom stereocenters. The lowest BCUT2D eigenvalue weighted by Crippen LogP contribution is -2.05. The van der Waals surface area contributed by atoms with Gasteiger partial charge >= 0.3 is 0 Å². The predicted molar refractivity (Wildman–Crippen MR) is 74.4 cm³/mol. The first kappa shape index (κ1) is 12.6. The fourth-order valence-electron chi connectivity index (χ4n) is 1.99. The van der Waals surface area contributed by atoms with Crippen molar-refractivity contribution in [2.75, 3.05) is 13.2 Å². The smallest absolute Gasteiger partial charge is 0.141 e. The highest BCUT2D eigenvalue weighted by molar-refractivity contribution is 5.71. The monoisotopic (exact) mass is 266 g/mol. The number of benzene rings is 1. The van der Waals surface area contributed by atoms with E-state index in [1.54, 1.807) is 12.3 Å². The highest BCUT2D eigenvalue weighted by atomic mass is 16.6. The third kappa shape index (κ3) is 2.79. The van der Waals surface area contributed by atoms with Gasteiger partial charge in [-0.05, 0) is 36.2 Å². The molecule has 0 radical (unpaired) electrons. The van der Waals surface area contributed by atoms with Crippen LogP contribution >= 0.6 is 0 Å². The summed E-state index contributed by atoms with van der Waals surface area (Å²) in [4.78, 5) is 3.99. The van der Waals surface area contributed by atoms with Gasteiger partial charge in [0.15, 0.2) is 0 Å². The van der Waals surface area contributed by atoms with Gasteiger partial charge in [-0.25, -0.2) is 4.98 Å². The normalized spacial score (nSPS) is 16.5. The summed E-state index contributed by atoms with van der Waals surface area (Å²) in [6.45, 7) is 3.36. The molecule has 20 heavy (non-hydrogen) atoms. The molecule has 100 valence electrons. The Morgan fingerprint density at radius 3 is 3.00 bits per heavy atom. The van der Waals surface area contributed by atoms with E-state index in [0.717, 1.165) is 29.0 Å². The summed E-state index contributed by atoms with van der Waals surface area (Å²) in [5.74, 6) is 0.815. The first-order chi connectivity index (χ1) is 9.76. The number of hydrogen-bond acceptors (Lipinski definition) is 4. The molecule has 3 rings (SSSR count). The van der Waals surface area contributed by atoms with Crippen molar-refractivity contribution >= 4 is 0 Å². The van der Waals surface area contributed by atoms with E-state index in [1.165, 1.54) is 0 Å². The third-order valence-corrected chi connectivity index (χ3v) is 3.15. The predicted octanol–water partition coefficient (Wildman–Crippen LogP) is 2.71. The molecule has 1 fully saturated rings. The molecule has 2 aromatic rings. The van der Waals surface area contributed by atoms with Crippen LogP contribution in [-0.4, -0.2) is 24.3 Å². The topological polar surface area (TPSA) is 58.4 Å². The van der Waals surface area contributed by atoms with E-state index in [2.05, 4.69) is 11.1 Å². The molecule has 4 heteroatoms. The molecule has 1 aromatic carbocycles. The molecule has 0 unspecified atom stereocenters. The van der Waals surface area contributed by atoms with E-state index < -0.39 is 0 Å². The van der Waals surface area contributed by atoms with Crippen LogP contribution in [0.4, 0.5) is 0 Å². The van der Waals surface area contributed by atoms with E-state index in [4.69, 9.17) is 14.7 Å². The average molecular weight is 266 g/mol. The van der Waals surface area contributed by atoms with Crippen LogP contribution in [0.15, 0.2) is 36.5 Å². The van der Waals surface area contributed by atoms with Gasteiger partial charge in [-0.15, -0.1) is 0 Å². The van der Waals surface area contributed by atoms with E-state index in [9.17, 15) is 0 Å². The van der Waals surface area contributed by atoms with Crippen LogP contribution in [0.25, 0.3) is 11.1 Å². The summed E-state index contributed by atoms with van der Waals surface area (Å²) in [7, 11) is 0. The number of aromatic nitrogens is 1. The van der Waals surface area contributed by atoms with Gasteiger partial charge in [0.1, 0.15) is 30.2 Å².